The smallest absolute Gasteiger partial charge is 0.257 e. The van der Waals surface area contributed by atoms with Crippen LogP contribution in [0.2, 0.25) is 0 Å². The van der Waals surface area contributed by atoms with Gasteiger partial charge < -0.3 is 9.64 Å². The van der Waals surface area contributed by atoms with E-state index in [0.717, 1.165) is 43.2 Å². The van der Waals surface area contributed by atoms with Gasteiger partial charge in [0.1, 0.15) is 11.6 Å². The zero-order chi connectivity index (χ0) is 21.1. The lowest BCUT2D eigenvalue weighted by atomic mass is 9.98. The largest absolute Gasteiger partial charge is 0.497 e. The van der Waals surface area contributed by atoms with Crippen LogP contribution in [0.25, 0.3) is 0 Å². The SMILES string of the molecule is COc1ccc(C2CC(c3cccc(F)c3)=NN2C(=O)CN2CCN(C)CC2)cc1. The van der Waals surface area contributed by atoms with Gasteiger partial charge >= 0.3 is 0 Å². The van der Waals surface area contributed by atoms with Crippen molar-refractivity contribution in [2.75, 3.05) is 46.9 Å². The highest BCUT2D eigenvalue weighted by atomic mass is 19.1. The van der Waals surface area contributed by atoms with Gasteiger partial charge in [-0.05, 0) is 36.9 Å². The van der Waals surface area contributed by atoms with Crippen molar-refractivity contribution in [3.05, 3.63) is 65.5 Å². The van der Waals surface area contributed by atoms with Crippen LogP contribution in [0.1, 0.15) is 23.6 Å². The summed E-state index contributed by atoms with van der Waals surface area (Å²) in [5.74, 6) is 0.420. The van der Waals surface area contributed by atoms with Crippen LogP contribution in [0.4, 0.5) is 4.39 Å². The number of hydrogen-bond donors (Lipinski definition) is 0. The highest BCUT2D eigenvalue weighted by molar-refractivity contribution is 6.03. The van der Waals surface area contributed by atoms with Gasteiger partial charge in [-0.1, -0.05) is 24.3 Å². The molecule has 0 radical (unpaired) electrons. The molecule has 2 heterocycles. The van der Waals surface area contributed by atoms with Crippen LogP contribution in [0.5, 0.6) is 5.75 Å². The van der Waals surface area contributed by atoms with Crippen molar-refractivity contribution in [3.8, 4) is 5.75 Å². The summed E-state index contributed by atoms with van der Waals surface area (Å²) in [4.78, 5) is 17.6. The maximum absolute atomic E-state index is 13.8. The topological polar surface area (TPSA) is 48.4 Å². The van der Waals surface area contributed by atoms with Crippen molar-refractivity contribution in [1.82, 2.24) is 14.8 Å². The quantitative estimate of drug-likeness (QED) is 0.761. The Hall–Kier alpha value is -2.77. The van der Waals surface area contributed by atoms with Crippen molar-refractivity contribution >= 4 is 11.6 Å². The molecule has 30 heavy (non-hydrogen) atoms. The number of halogens is 1. The number of piperazine rings is 1. The lowest BCUT2D eigenvalue weighted by Crippen LogP contribution is -2.48. The van der Waals surface area contributed by atoms with E-state index in [1.54, 1.807) is 18.2 Å². The van der Waals surface area contributed by atoms with E-state index in [9.17, 15) is 9.18 Å². The molecule has 2 aliphatic rings. The predicted octanol–water partition coefficient (Wildman–Crippen LogP) is 2.76. The second-order valence-electron chi connectivity index (χ2n) is 7.87. The normalized spacial score (nSPS) is 20.3. The van der Waals surface area contributed by atoms with Crippen molar-refractivity contribution in [2.45, 2.75) is 12.5 Å². The molecule has 0 bridgehead atoms. The third-order valence-corrected chi connectivity index (χ3v) is 5.78. The summed E-state index contributed by atoms with van der Waals surface area (Å²) < 4.78 is 19.0. The molecule has 2 aromatic carbocycles. The molecule has 1 fully saturated rings. The van der Waals surface area contributed by atoms with Crippen LogP contribution in [-0.4, -0.2) is 73.3 Å². The molecule has 0 spiro atoms. The first-order chi connectivity index (χ1) is 14.5. The molecule has 1 unspecified atom stereocenters. The molecule has 0 aliphatic carbocycles. The van der Waals surface area contributed by atoms with Gasteiger partial charge in [0, 0.05) is 38.2 Å². The van der Waals surface area contributed by atoms with Gasteiger partial charge in [-0.2, -0.15) is 5.10 Å². The number of hydrazone groups is 1. The number of amides is 1. The second kappa shape index (κ2) is 8.93. The van der Waals surface area contributed by atoms with Crippen molar-refractivity contribution in [1.29, 1.82) is 0 Å². The zero-order valence-electron chi connectivity index (χ0n) is 17.4. The Morgan fingerprint density at radius 2 is 1.87 bits per heavy atom. The summed E-state index contributed by atoms with van der Waals surface area (Å²) in [7, 11) is 3.72. The van der Waals surface area contributed by atoms with Crippen molar-refractivity contribution in [3.63, 3.8) is 0 Å². The Morgan fingerprint density at radius 3 is 2.53 bits per heavy atom. The Labute approximate surface area is 176 Å². The number of hydrogen-bond acceptors (Lipinski definition) is 5. The maximum atomic E-state index is 13.8. The molecule has 158 valence electrons. The second-order valence-corrected chi connectivity index (χ2v) is 7.87. The monoisotopic (exact) mass is 410 g/mol. The fourth-order valence-electron chi connectivity index (χ4n) is 3.94. The van der Waals surface area contributed by atoms with Gasteiger partial charge in [0.25, 0.3) is 5.91 Å². The number of ether oxygens (including phenoxy) is 1. The van der Waals surface area contributed by atoms with E-state index < -0.39 is 0 Å². The van der Waals surface area contributed by atoms with Crippen molar-refractivity contribution in [2.24, 2.45) is 5.10 Å². The zero-order valence-corrected chi connectivity index (χ0v) is 17.4. The fourth-order valence-corrected chi connectivity index (χ4v) is 3.94. The number of benzene rings is 2. The Balaban J connectivity index is 1.58. The average molecular weight is 410 g/mol. The van der Waals surface area contributed by atoms with Crippen LogP contribution < -0.4 is 4.74 Å². The summed E-state index contributed by atoms with van der Waals surface area (Å²) >= 11 is 0. The number of carbonyl (C=O) groups excluding carboxylic acids is 1. The molecule has 6 nitrogen and oxygen atoms in total. The molecule has 2 aliphatic heterocycles. The van der Waals surface area contributed by atoms with Crippen LogP contribution >= 0.6 is 0 Å². The fraction of sp³-hybridized carbons (Fsp3) is 0.391. The number of rotatable bonds is 5. The summed E-state index contributed by atoms with van der Waals surface area (Å²) in [6.07, 6.45) is 0.546. The van der Waals surface area contributed by atoms with E-state index in [1.165, 1.54) is 12.1 Å². The van der Waals surface area contributed by atoms with Crippen LogP contribution in [0.15, 0.2) is 53.6 Å². The summed E-state index contributed by atoms with van der Waals surface area (Å²) in [6, 6.07) is 13.9. The lowest BCUT2D eigenvalue weighted by Gasteiger charge is -2.33. The van der Waals surface area contributed by atoms with Crippen LogP contribution in [-0.2, 0) is 4.79 Å². The minimum Gasteiger partial charge on any atom is -0.497 e. The molecule has 0 aromatic heterocycles. The third-order valence-electron chi connectivity index (χ3n) is 5.78. The van der Waals surface area contributed by atoms with Gasteiger partial charge in [-0.25, -0.2) is 9.40 Å². The molecule has 0 N–H and O–H groups in total. The van der Waals surface area contributed by atoms with E-state index in [2.05, 4.69) is 21.9 Å². The lowest BCUT2D eigenvalue weighted by molar-refractivity contribution is -0.134. The highest BCUT2D eigenvalue weighted by Crippen LogP contribution is 2.33. The number of carbonyl (C=O) groups is 1. The maximum Gasteiger partial charge on any atom is 0.257 e. The Morgan fingerprint density at radius 1 is 1.13 bits per heavy atom. The molecule has 4 rings (SSSR count). The first kappa shape index (κ1) is 20.5. The third kappa shape index (κ3) is 4.52. The summed E-state index contributed by atoms with van der Waals surface area (Å²) in [5, 5.41) is 6.23. The van der Waals surface area contributed by atoms with Gasteiger partial charge in [0.2, 0.25) is 0 Å². The first-order valence-electron chi connectivity index (χ1n) is 10.2. The van der Waals surface area contributed by atoms with E-state index in [0.29, 0.717) is 18.5 Å². The van der Waals surface area contributed by atoms with Crippen LogP contribution in [0, 0.1) is 5.82 Å². The van der Waals surface area contributed by atoms with Crippen LogP contribution in [0.3, 0.4) is 0 Å². The Bertz CT molecular complexity index is 923. The van der Waals surface area contributed by atoms with Gasteiger partial charge in [-0.15, -0.1) is 0 Å². The summed E-state index contributed by atoms with van der Waals surface area (Å²) in [6.45, 7) is 3.97. The summed E-state index contributed by atoms with van der Waals surface area (Å²) in [5.41, 5.74) is 2.42. The minimum atomic E-state index is -0.307. The average Bonchev–Trinajstić information content (AvgIpc) is 3.21. The van der Waals surface area contributed by atoms with Gasteiger partial charge in [0.15, 0.2) is 0 Å². The molecule has 1 atom stereocenters. The first-order valence-corrected chi connectivity index (χ1v) is 10.2. The standard InChI is InChI=1S/C23H27FN4O2/c1-26-10-12-27(13-11-26)16-23(29)28-22(17-6-8-20(30-2)9-7-17)15-21(25-28)18-4-3-5-19(24)14-18/h3-9,14,22H,10-13,15-16H2,1-2H3. The molecular formula is C23H27FN4O2. The number of nitrogens with zero attached hydrogens (tertiary/aromatic N) is 4. The van der Waals surface area contributed by atoms with Gasteiger partial charge in [-0.3, -0.25) is 9.69 Å². The molecular weight excluding hydrogens is 383 g/mol. The van der Waals surface area contributed by atoms with Gasteiger partial charge in [0.05, 0.1) is 25.4 Å². The molecule has 1 amide bonds. The van der Waals surface area contributed by atoms with E-state index in [1.807, 2.05) is 30.3 Å². The molecule has 0 saturated carbocycles. The molecule has 2 aromatic rings. The molecule has 1 saturated heterocycles. The minimum absolute atomic E-state index is 0.0354. The highest BCUT2D eigenvalue weighted by Gasteiger charge is 2.34. The van der Waals surface area contributed by atoms with E-state index in [-0.39, 0.29) is 17.8 Å². The predicted molar refractivity (Wildman–Crippen MR) is 114 cm³/mol. The Kier molecular flexibility index (Phi) is 6.11. The molecule has 7 heteroatoms. The number of methoxy groups -OCH3 is 1. The number of likely N-dealkylation sites (N-methyl/N-ethyl adjacent to an activating group) is 1. The van der Waals surface area contributed by atoms with E-state index in [4.69, 9.17) is 4.74 Å². The van der Waals surface area contributed by atoms with Crippen molar-refractivity contribution < 1.29 is 13.9 Å². The van der Waals surface area contributed by atoms with E-state index >= 15 is 0 Å².